The van der Waals surface area contributed by atoms with Gasteiger partial charge in [-0.05, 0) is 36.7 Å². The molecular formula is C16H19ClFN3. The molecule has 1 aromatic heterocycles. The van der Waals surface area contributed by atoms with E-state index in [1.165, 1.54) is 6.07 Å². The lowest BCUT2D eigenvalue weighted by atomic mass is 10.1. The van der Waals surface area contributed by atoms with Crippen LogP contribution < -0.4 is 5.73 Å². The highest BCUT2D eigenvalue weighted by atomic mass is 35.5. The smallest absolute Gasteiger partial charge is 0.129 e. The van der Waals surface area contributed by atoms with Gasteiger partial charge in [-0.1, -0.05) is 23.7 Å². The Hall–Kier alpha value is -1.49. The molecule has 0 aliphatic rings. The fourth-order valence-electron chi connectivity index (χ4n) is 2.19. The zero-order valence-corrected chi connectivity index (χ0v) is 12.6. The summed E-state index contributed by atoms with van der Waals surface area (Å²) in [6.07, 6.45) is 4.41. The largest absolute Gasteiger partial charge is 0.330 e. The van der Waals surface area contributed by atoms with Gasteiger partial charge in [0.1, 0.15) is 5.82 Å². The van der Waals surface area contributed by atoms with Crippen LogP contribution in [0.25, 0.3) is 0 Å². The van der Waals surface area contributed by atoms with Gasteiger partial charge in [0.15, 0.2) is 0 Å². The molecule has 1 aromatic carbocycles. The normalized spacial score (nSPS) is 11.0. The minimum Gasteiger partial charge on any atom is -0.330 e. The first-order valence-electron chi connectivity index (χ1n) is 6.95. The molecule has 2 rings (SSSR count). The van der Waals surface area contributed by atoms with E-state index in [-0.39, 0.29) is 5.82 Å². The molecule has 0 saturated carbocycles. The van der Waals surface area contributed by atoms with Crippen molar-refractivity contribution < 1.29 is 4.39 Å². The predicted molar refractivity (Wildman–Crippen MR) is 83.4 cm³/mol. The van der Waals surface area contributed by atoms with Crippen LogP contribution in [-0.2, 0) is 13.1 Å². The lowest BCUT2D eigenvalue weighted by Crippen LogP contribution is -2.26. The number of aromatic nitrogens is 1. The lowest BCUT2D eigenvalue weighted by molar-refractivity contribution is 0.251. The number of rotatable bonds is 7. The Kier molecular flexibility index (Phi) is 6.11. The van der Waals surface area contributed by atoms with Crippen molar-refractivity contribution in [2.24, 2.45) is 5.73 Å². The highest BCUT2D eigenvalue weighted by Crippen LogP contribution is 2.21. The SMILES string of the molecule is NCCCN(Cc1cccnc1)Cc1c(F)cccc1Cl. The zero-order valence-electron chi connectivity index (χ0n) is 11.8. The summed E-state index contributed by atoms with van der Waals surface area (Å²) in [6, 6.07) is 8.67. The van der Waals surface area contributed by atoms with E-state index in [1.54, 1.807) is 18.3 Å². The second-order valence-corrected chi connectivity index (χ2v) is 5.32. The maximum absolute atomic E-state index is 13.9. The Balaban J connectivity index is 2.12. The molecule has 0 radical (unpaired) electrons. The van der Waals surface area contributed by atoms with E-state index in [9.17, 15) is 4.39 Å². The van der Waals surface area contributed by atoms with Crippen molar-refractivity contribution in [3.8, 4) is 0 Å². The quantitative estimate of drug-likeness (QED) is 0.854. The number of benzene rings is 1. The van der Waals surface area contributed by atoms with E-state index in [1.807, 2.05) is 18.3 Å². The van der Waals surface area contributed by atoms with E-state index in [2.05, 4.69) is 9.88 Å². The molecule has 1 heterocycles. The number of hydrogen-bond donors (Lipinski definition) is 1. The van der Waals surface area contributed by atoms with Gasteiger partial charge in [0.25, 0.3) is 0 Å². The monoisotopic (exact) mass is 307 g/mol. The van der Waals surface area contributed by atoms with Gasteiger partial charge in [0.2, 0.25) is 0 Å². The van der Waals surface area contributed by atoms with Crippen molar-refractivity contribution in [1.29, 1.82) is 0 Å². The van der Waals surface area contributed by atoms with Crippen molar-refractivity contribution >= 4 is 11.6 Å². The standard InChI is InChI=1S/C16H19ClFN3/c17-15-5-1-6-16(18)14(15)12-21(9-3-7-19)11-13-4-2-8-20-10-13/h1-2,4-6,8,10H,3,7,9,11-12,19H2. The molecule has 2 aromatic rings. The molecule has 0 amide bonds. The third-order valence-electron chi connectivity index (χ3n) is 3.25. The average molecular weight is 308 g/mol. The molecule has 0 saturated heterocycles. The van der Waals surface area contributed by atoms with Crippen LogP contribution in [-0.4, -0.2) is 23.0 Å². The number of halogens is 2. The van der Waals surface area contributed by atoms with E-state index in [0.29, 0.717) is 30.2 Å². The zero-order chi connectivity index (χ0) is 15.1. The summed E-state index contributed by atoms with van der Waals surface area (Å²) in [5, 5.41) is 0.457. The molecule has 0 atom stereocenters. The maximum atomic E-state index is 13.9. The van der Waals surface area contributed by atoms with Crippen molar-refractivity contribution in [2.75, 3.05) is 13.1 Å². The van der Waals surface area contributed by atoms with Gasteiger partial charge >= 0.3 is 0 Å². The fraction of sp³-hybridized carbons (Fsp3) is 0.312. The summed E-state index contributed by atoms with van der Waals surface area (Å²) in [4.78, 5) is 6.24. The number of hydrogen-bond acceptors (Lipinski definition) is 3. The Labute approximate surface area is 129 Å². The molecule has 0 bridgehead atoms. The number of nitrogens with zero attached hydrogens (tertiary/aromatic N) is 2. The van der Waals surface area contributed by atoms with E-state index in [0.717, 1.165) is 18.5 Å². The Morgan fingerprint density at radius 1 is 1.19 bits per heavy atom. The predicted octanol–water partition coefficient (Wildman–Crippen LogP) is 3.23. The van der Waals surface area contributed by atoms with E-state index < -0.39 is 0 Å². The van der Waals surface area contributed by atoms with Gasteiger partial charge in [-0.3, -0.25) is 9.88 Å². The first-order valence-corrected chi connectivity index (χ1v) is 7.32. The van der Waals surface area contributed by atoms with E-state index in [4.69, 9.17) is 17.3 Å². The van der Waals surface area contributed by atoms with Crippen LogP contribution in [0.4, 0.5) is 4.39 Å². The second-order valence-electron chi connectivity index (χ2n) is 4.91. The molecule has 2 N–H and O–H groups in total. The first kappa shape index (κ1) is 15.9. The van der Waals surface area contributed by atoms with Gasteiger partial charge < -0.3 is 5.73 Å². The molecule has 3 nitrogen and oxygen atoms in total. The number of nitrogens with two attached hydrogens (primary N) is 1. The van der Waals surface area contributed by atoms with Gasteiger partial charge in [-0.15, -0.1) is 0 Å². The van der Waals surface area contributed by atoms with Gasteiger partial charge in [0, 0.05) is 42.6 Å². The van der Waals surface area contributed by atoms with Crippen LogP contribution in [0, 0.1) is 5.82 Å². The molecular weight excluding hydrogens is 289 g/mol. The highest BCUT2D eigenvalue weighted by molar-refractivity contribution is 6.31. The Bertz CT molecular complexity index is 542. The summed E-state index contributed by atoms with van der Waals surface area (Å²) < 4.78 is 13.9. The average Bonchev–Trinajstić information content (AvgIpc) is 2.49. The summed E-state index contributed by atoms with van der Waals surface area (Å²) in [5.41, 5.74) is 7.20. The molecule has 0 aliphatic heterocycles. The van der Waals surface area contributed by atoms with Crippen molar-refractivity contribution in [3.63, 3.8) is 0 Å². The molecule has 21 heavy (non-hydrogen) atoms. The minimum atomic E-state index is -0.272. The summed E-state index contributed by atoms with van der Waals surface area (Å²) in [7, 11) is 0. The van der Waals surface area contributed by atoms with Crippen molar-refractivity contribution in [2.45, 2.75) is 19.5 Å². The van der Waals surface area contributed by atoms with Gasteiger partial charge in [0.05, 0.1) is 0 Å². The highest BCUT2D eigenvalue weighted by Gasteiger charge is 2.13. The number of pyridine rings is 1. The van der Waals surface area contributed by atoms with Crippen LogP contribution in [0.3, 0.4) is 0 Å². The van der Waals surface area contributed by atoms with E-state index >= 15 is 0 Å². The molecule has 5 heteroatoms. The second kappa shape index (κ2) is 8.08. The third-order valence-corrected chi connectivity index (χ3v) is 3.60. The maximum Gasteiger partial charge on any atom is 0.129 e. The minimum absolute atomic E-state index is 0.272. The first-order chi connectivity index (χ1) is 10.2. The molecule has 112 valence electrons. The Morgan fingerprint density at radius 2 is 2.05 bits per heavy atom. The van der Waals surface area contributed by atoms with Crippen LogP contribution in [0.2, 0.25) is 5.02 Å². The summed E-state index contributed by atoms with van der Waals surface area (Å²) in [5.74, 6) is -0.272. The topological polar surface area (TPSA) is 42.1 Å². The summed E-state index contributed by atoms with van der Waals surface area (Å²) >= 11 is 6.11. The van der Waals surface area contributed by atoms with Gasteiger partial charge in [-0.2, -0.15) is 0 Å². The van der Waals surface area contributed by atoms with Crippen LogP contribution in [0.5, 0.6) is 0 Å². The Morgan fingerprint density at radius 3 is 2.71 bits per heavy atom. The summed E-state index contributed by atoms with van der Waals surface area (Å²) in [6.45, 7) is 2.55. The molecule has 0 fully saturated rings. The fourth-order valence-corrected chi connectivity index (χ4v) is 2.41. The molecule has 0 spiro atoms. The third kappa shape index (κ3) is 4.77. The van der Waals surface area contributed by atoms with Crippen molar-refractivity contribution in [3.05, 3.63) is 64.7 Å². The molecule has 0 aliphatic carbocycles. The van der Waals surface area contributed by atoms with Crippen molar-refractivity contribution in [1.82, 2.24) is 9.88 Å². The van der Waals surface area contributed by atoms with Crippen LogP contribution in [0.1, 0.15) is 17.5 Å². The van der Waals surface area contributed by atoms with Crippen LogP contribution in [0.15, 0.2) is 42.7 Å². The van der Waals surface area contributed by atoms with Gasteiger partial charge in [-0.25, -0.2) is 4.39 Å². The lowest BCUT2D eigenvalue weighted by Gasteiger charge is -2.23. The molecule has 0 unspecified atom stereocenters. The van der Waals surface area contributed by atoms with Crippen LogP contribution >= 0.6 is 11.6 Å².